The van der Waals surface area contributed by atoms with Gasteiger partial charge in [0.25, 0.3) is 0 Å². The predicted octanol–water partition coefficient (Wildman–Crippen LogP) is 4.92. The van der Waals surface area contributed by atoms with Gasteiger partial charge < -0.3 is 10.1 Å². The first-order valence-electron chi connectivity index (χ1n) is 6.54. The van der Waals surface area contributed by atoms with Gasteiger partial charge in [-0.2, -0.15) is 13.9 Å². The molecule has 0 spiro atoms. The first-order valence-corrected chi connectivity index (χ1v) is 7.71. The zero-order valence-electron chi connectivity index (χ0n) is 12.0. The molecule has 0 atom stereocenters. The van der Waals surface area contributed by atoms with Crippen molar-refractivity contribution in [3.63, 3.8) is 0 Å². The van der Waals surface area contributed by atoms with Crippen LogP contribution in [0.15, 0.2) is 47.6 Å². The molecule has 2 N–H and O–H groups in total. The molecule has 0 aliphatic carbocycles. The lowest BCUT2D eigenvalue weighted by Crippen LogP contribution is -2.23. The van der Waals surface area contributed by atoms with Crippen molar-refractivity contribution in [3.8, 4) is 5.75 Å². The molecule has 4 nitrogen and oxygen atoms in total. The van der Waals surface area contributed by atoms with Crippen LogP contribution in [0, 0.1) is 0 Å². The van der Waals surface area contributed by atoms with Crippen LogP contribution in [0.1, 0.15) is 5.56 Å². The third-order valence-electron chi connectivity index (χ3n) is 2.68. The van der Waals surface area contributed by atoms with Gasteiger partial charge in [-0.25, -0.2) is 0 Å². The Kier molecular flexibility index (Phi) is 6.72. The topological polar surface area (TPSA) is 45.6 Å². The molecule has 126 valence electrons. The van der Waals surface area contributed by atoms with Gasteiger partial charge >= 0.3 is 6.61 Å². The van der Waals surface area contributed by atoms with Gasteiger partial charge in [0, 0.05) is 11.3 Å². The van der Waals surface area contributed by atoms with Crippen LogP contribution in [0.4, 0.5) is 14.5 Å². The highest BCUT2D eigenvalue weighted by atomic mass is 35.5. The Labute approximate surface area is 152 Å². The van der Waals surface area contributed by atoms with E-state index in [9.17, 15) is 8.78 Å². The van der Waals surface area contributed by atoms with E-state index in [1.54, 1.807) is 36.4 Å². The number of rotatable bonds is 5. The van der Waals surface area contributed by atoms with Crippen LogP contribution in [0.2, 0.25) is 10.0 Å². The highest BCUT2D eigenvalue weighted by Crippen LogP contribution is 2.25. The summed E-state index contributed by atoms with van der Waals surface area (Å²) in [6, 6.07) is 11.2. The average molecular weight is 390 g/mol. The number of halogens is 4. The van der Waals surface area contributed by atoms with Gasteiger partial charge in [-0.05, 0) is 42.5 Å². The zero-order chi connectivity index (χ0) is 17.5. The molecule has 0 heterocycles. The SMILES string of the molecule is FC(F)Oc1ccccc1C=NNC(=S)Nc1ccc(Cl)c(Cl)c1. The molecule has 0 bridgehead atoms. The zero-order valence-corrected chi connectivity index (χ0v) is 14.3. The van der Waals surface area contributed by atoms with E-state index in [-0.39, 0.29) is 10.9 Å². The quantitative estimate of drug-likeness (QED) is 0.433. The van der Waals surface area contributed by atoms with Crippen LogP contribution in [-0.4, -0.2) is 17.9 Å². The molecule has 0 amide bonds. The Morgan fingerprint density at radius 1 is 1.17 bits per heavy atom. The molecule has 0 saturated heterocycles. The molecule has 2 aromatic rings. The molecular weight excluding hydrogens is 379 g/mol. The number of thiocarbonyl (C=S) groups is 1. The summed E-state index contributed by atoms with van der Waals surface area (Å²) in [5.74, 6) is 0.0152. The van der Waals surface area contributed by atoms with E-state index in [1.807, 2.05) is 0 Å². The third kappa shape index (κ3) is 5.59. The second-order valence-electron chi connectivity index (χ2n) is 4.37. The van der Waals surface area contributed by atoms with Crippen molar-refractivity contribution < 1.29 is 13.5 Å². The largest absolute Gasteiger partial charge is 0.434 e. The van der Waals surface area contributed by atoms with Crippen LogP contribution < -0.4 is 15.5 Å². The molecule has 0 radical (unpaired) electrons. The fourth-order valence-corrected chi connectivity index (χ4v) is 2.15. The molecule has 2 rings (SSSR count). The molecule has 0 aliphatic rings. The van der Waals surface area contributed by atoms with Gasteiger partial charge in [0.05, 0.1) is 16.3 Å². The molecule has 0 aromatic heterocycles. The maximum atomic E-state index is 12.3. The molecule has 0 unspecified atom stereocenters. The molecule has 2 aromatic carbocycles. The van der Waals surface area contributed by atoms with Crippen molar-refractivity contribution in [2.24, 2.45) is 5.10 Å². The van der Waals surface area contributed by atoms with Crippen molar-refractivity contribution >= 4 is 52.4 Å². The number of alkyl halides is 2. The van der Waals surface area contributed by atoms with Crippen molar-refractivity contribution in [3.05, 3.63) is 58.1 Å². The van der Waals surface area contributed by atoms with E-state index in [1.165, 1.54) is 12.3 Å². The first-order chi connectivity index (χ1) is 11.5. The molecule has 24 heavy (non-hydrogen) atoms. The summed E-state index contributed by atoms with van der Waals surface area (Å²) in [6.07, 6.45) is 1.32. The smallest absolute Gasteiger partial charge is 0.387 e. The Balaban J connectivity index is 1.96. The van der Waals surface area contributed by atoms with Crippen LogP contribution in [0.25, 0.3) is 0 Å². The van der Waals surface area contributed by atoms with E-state index < -0.39 is 6.61 Å². The number of hydrazone groups is 1. The minimum absolute atomic E-state index is 0.0152. The minimum atomic E-state index is -2.91. The number of para-hydroxylation sites is 1. The van der Waals surface area contributed by atoms with Gasteiger partial charge in [-0.3, -0.25) is 5.43 Å². The highest BCUT2D eigenvalue weighted by Gasteiger charge is 2.07. The van der Waals surface area contributed by atoms with Gasteiger partial charge in [-0.1, -0.05) is 35.3 Å². The lowest BCUT2D eigenvalue weighted by molar-refractivity contribution is -0.0499. The Morgan fingerprint density at radius 3 is 2.62 bits per heavy atom. The third-order valence-corrected chi connectivity index (χ3v) is 3.61. The van der Waals surface area contributed by atoms with Crippen LogP contribution >= 0.6 is 35.4 Å². The van der Waals surface area contributed by atoms with Gasteiger partial charge in [0.2, 0.25) is 0 Å². The number of nitrogens with zero attached hydrogens (tertiary/aromatic N) is 1. The van der Waals surface area contributed by atoms with E-state index in [0.717, 1.165) is 0 Å². The van der Waals surface area contributed by atoms with Crippen molar-refractivity contribution in [2.45, 2.75) is 6.61 Å². The molecule has 9 heteroatoms. The fraction of sp³-hybridized carbons (Fsp3) is 0.0667. The summed E-state index contributed by atoms with van der Waals surface area (Å²) >= 11 is 16.8. The fourth-order valence-electron chi connectivity index (χ4n) is 1.68. The standard InChI is InChI=1S/C15H11Cl2F2N3OS/c16-11-6-5-10(7-12(11)17)21-15(24)22-20-8-9-3-1-2-4-13(9)23-14(18)19/h1-8,14H,(H2,21,22,24). The number of benzene rings is 2. The van der Waals surface area contributed by atoms with Crippen molar-refractivity contribution in [2.75, 3.05) is 5.32 Å². The number of ether oxygens (including phenoxy) is 1. The summed E-state index contributed by atoms with van der Waals surface area (Å²) in [7, 11) is 0. The summed E-state index contributed by atoms with van der Waals surface area (Å²) in [5, 5.41) is 7.74. The van der Waals surface area contributed by atoms with Gasteiger partial charge in [-0.15, -0.1) is 0 Å². The summed E-state index contributed by atoms with van der Waals surface area (Å²) < 4.78 is 29.0. The number of nitrogens with one attached hydrogen (secondary N) is 2. The Morgan fingerprint density at radius 2 is 1.92 bits per heavy atom. The minimum Gasteiger partial charge on any atom is -0.434 e. The van der Waals surface area contributed by atoms with Crippen LogP contribution in [0.5, 0.6) is 5.75 Å². The summed E-state index contributed by atoms with van der Waals surface area (Å²) in [4.78, 5) is 0. The predicted molar refractivity (Wildman–Crippen MR) is 96.5 cm³/mol. The molecule has 0 fully saturated rings. The lowest BCUT2D eigenvalue weighted by Gasteiger charge is -2.09. The van der Waals surface area contributed by atoms with Crippen LogP contribution in [0.3, 0.4) is 0 Å². The average Bonchev–Trinajstić information content (AvgIpc) is 2.52. The molecular formula is C15H11Cl2F2N3OS. The highest BCUT2D eigenvalue weighted by molar-refractivity contribution is 7.80. The summed E-state index contributed by atoms with van der Waals surface area (Å²) in [6.45, 7) is -2.91. The Bertz CT molecular complexity index is 759. The van der Waals surface area contributed by atoms with E-state index >= 15 is 0 Å². The second kappa shape index (κ2) is 8.77. The lowest BCUT2D eigenvalue weighted by atomic mass is 10.2. The summed E-state index contributed by atoms with van der Waals surface area (Å²) in [5.41, 5.74) is 3.57. The number of hydrogen-bond acceptors (Lipinski definition) is 3. The van der Waals surface area contributed by atoms with E-state index in [2.05, 4.69) is 20.6 Å². The van der Waals surface area contributed by atoms with Crippen molar-refractivity contribution in [1.82, 2.24) is 5.43 Å². The molecule has 0 saturated carbocycles. The Hall–Kier alpha value is -1.96. The van der Waals surface area contributed by atoms with E-state index in [0.29, 0.717) is 21.3 Å². The number of hydrogen-bond donors (Lipinski definition) is 2. The molecule has 0 aliphatic heterocycles. The van der Waals surface area contributed by atoms with Gasteiger partial charge in [0.15, 0.2) is 5.11 Å². The second-order valence-corrected chi connectivity index (χ2v) is 5.59. The normalized spacial score (nSPS) is 10.9. The maximum Gasteiger partial charge on any atom is 0.387 e. The van der Waals surface area contributed by atoms with Gasteiger partial charge in [0.1, 0.15) is 5.75 Å². The van der Waals surface area contributed by atoms with Crippen LogP contribution in [-0.2, 0) is 0 Å². The van der Waals surface area contributed by atoms with E-state index in [4.69, 9.17) is 35.4 Å². The maximum absolute atomic E-state index is 12.3. The van der Waals surface area contributed by atoms with Crippen molar-refractivity contribution in [1.29, 1.82) is 0 Å². The number of anilines is 1. The monoisotopic (exact) mass is 389 g/mol. The first kappa shape index (κ1) is 18.4.